The third kappa shape index (κ3) is 2.31. The van der Waals surface area contributed by atoms with Gasteiger partial charge in [-0.05, 0) is 31.0 Å². The molecule has 0 unspecified atom stereocenters. The van der Waals surface area contributed by atoms with Gasteiger partial charge in [-0.2, -0.15) is 0 Å². The Morgan fingerprint density at radius 2 is 2.08 bits per heavy atom. The molecule has 1 nitrogen and oxygen atoms in total. The van der Waals surface area contributed by atoms with Crippen molar-refractivity contribution in [2.45, 2.75) is 13.8 Å². The minimum absolute atomic E-state index is 0.670. The largest absolute Gasteiger partial charge is 0.351 e. The summed E-state index contributed by atoms with van der Waals surface area (Å²) in [4.78, 5) is 0. The van der Waals surface area contributed by atoms with E-state index in [0.717, 1.165) is 5.69 Å². The van der Waals surface area contributed by atoms with Gasteiger partial charge in [0.1, 0.15) is 0 Å². The molecule has 0 bridgehead atoms. The van der Waals surface area contributed by atoms with Crippen LogP contribution in [0.2, 0.25) is 0 Å². The molecule has 1 rings (SSSR count). The second kappa shape index (κ2) is 3.68. The molecule has 0 radical (unpaired) electrons. The molecule has 0 aliphatic carbocycles. The van der Waals surface area contributed by atoms with Crippen LogP contribution in [-0.2, 0) is 0 Å². The number of hydrogen-bond acceptors (Lipinski definition) is 2. The number of hydrogen-bond donors (Lipinski definition) is 2. The first-order valence-corrected chi connectivity index (χ1v) is 4.26. The molecule has 1 aromatic carbocycles. The molecule has 0 spiro atoms. The standard InChI is InChI=1S/C10H13NS/c1-7-4-5-8(2)10(6-7)11-9(3)12/h4-6,11-12H,3H2,1-2H3. The van der Waals surface area contributed by atoms with Gasteiger partial charge in [-0.1, -0.05) is 18.7 Å². The van der Waals surface area contributed by atoms with Gasteiger partial charge in [-0.3, -0.25) is 0 Å². The molecule has 0 heterocycles. The molecule has 0 amide bonds. The maximum absolute atomic E-state index is 4.09. The van der Waals surface area contributed by atoms with E-state index >= 15 is 0 Å². The van der Waals surface area contributed by atoms with Crippen molar-refractivity contribution in [2.24, 2.45) is 0 Å². The highest BCUT2D eigenvalue weighted by molar-refractivity contribution is 7.84. The zero-order valence-electron chi connectivity index (χ0n) is 7.39. The van der Waals surface area contributed by atoms with Gasteiger partial charge >= 0.3 is 0 Å². The van der Waals surface area contributed by atoms with E-state index in [2.05, 4.69) is 56.6 Å². The molecule has 1 aromatic rings. The molecule has 0 aromatic heterocycles. The third-order valence-corrected chi connectivity index (χ3v) is 1.78. The lowest BCUT2D eigenvalue weighted by molar-refractivity contribution is 1.37. The predicted molar refractivity (Wildman–Crippen MR) is 57.7 cm³/mol. The summed E-state index contributed by atoms with van der Waals surface area (Å²) in [6.07, 6.45) is 0. The monoisotopic (exact) mass is 179 g/mol. The molecule has 64 valence electrons. The molecule has 12 heavy (non-hydrogen) atoms. The summed E-state index contributed by atoms with van der Waals surface area (Å²) in [6, 6.07) is 6.24. The van der Waals surface area contributed by atoms with E-state index in [4.69, 9.17) is 0 Å². The highest BCUT2D eigenvalue weighted by Crippen LogP contribution is 2.18. The summed E-state index contributed by atoms with van der Waals surface area (Å²) < 4.78 is 0. The Morgan fingerprint density at radius 1 is 1.42 bits per heavy atom. The van der Waals surface area contributed by atoms with Crippen molar-refractivity contribution < 1.29 is 0 Å². The van der Waals surface area contributed by atoms with Crippen molar-refractivity contribution in [3.63, 3.8) is 0 Å². The SMILES string of the molecule is C=C(S)Nc1cc(C)ccc1C. The molecule has 0 aliphatic heterocycles. The molecule has 1 N–H and O–H groups in total. The molecular weight excluding hydrogens is 166 g/mol. The minimum Gasteiger partial charge on any atom is -0.351 e. The van der Waals surface area contributed by atoms with E-state index < -0.39 is 0 Å². The fourth-order valence-corrected chi connectivity index (χ4v) is 1.15. The fourth-order valence-electron chi connectivity index (χ4n) is 1.03. The summed E-state index contributed by atoms with van der Waals surface area (Å²) in [6.45, 7) is 7.79. The Morgan fingerprint density at radius 3 is 2.67 bits per heavy atom. The Labute approximate surface area is 78.9 Å². The van der Waals surface area contributed by atoms with Crippen LogP contribution in [0.3, 0.4) is 0 Å². The zero-order valence-corrected chi connectivity index (χ0v) is 8.28. The van der Waals surface area contributed by atoms with Crippen LogP contribution in [0.1, 0.15) is 11.1 Å². The van der Waals surface area contributed by atoms with Crippen LogP contribution in [0.25, 0.3) is 0 Å². The van der Waals surface area contributed by atoms with Crippen molar-refractivity contribution in [3.05, 3.63) is 40.9 Å². The van der Waals surface area contributed by atoms with E-state index in [0.29, 0.717) is 5.03 Å². The van der Waals surface area contributed by atoms with Crippen molar-refractivity contribution >= 4 is 18.3 Å². The topological polar surface area (TPSA) is 12.0 Å². The predicted octanol–water partition coefficient (Wildman–Crippen LogP) is 3.12. The van der Waals surface area contributed by atoms with Gasteiger partial charge in [0.15, 0.2) is 0 Å². The van der Waals surface area contributed by atoms with Crippen molar-refractivity contribution in [2.75, 3.05) is 5.32 Å². The molecule has 0 saturated carbocycles. The van der Waals surface area contributed by atoms with Gasteiger partial charge in [0.2, 0.25) is 0 Å². The van der Waals surface area contributed by atoms with Crippen molar-refractivity contribution in [3.8, 4) is 0 Å². The number of aryl methyl sites for hydroxylation is 2. The third-order valence-electron chi connectivity index (χ3n) is 1.67. The Bertz CT molecular complexity index is 305. The molecule has 0 atom stereocenters. The number of nitrogens with one attached hydrogen (secondary N) is 1. The van der Waals surface area contributed by atoms with Crippen LogP contribution < -0.4 is 5.32 Å². The summed E-state index contributed by atoms with van der Waals surface area (Å²) in [5.41, 5.74) is 3.52. The lowest BCUT2D eigenvalue weighted by atomic mass is 10.1. The van der Waals surface area contributed by atoms with Gasteiger partial charge in [0, 0.05) is 5.69 Å². The highest BCUT2D eigenvalue weighted by atomic mass is 32.1. The number of anilines is 1. The average Bonchev–Trinajstić information content (AvgIpc) is 1.96. The zero-order chi connectivity index (χ0) is 9.14. The normalized spacial score (nSPS) is 9.58. The van der Waals surface area contributed by atoms with E-state index in [1.807, 2.05) is 0 Å². The molecule has 2 heteroatoms. The lowest BCUT2D eigenvalue weighted by Crippen LogP contribution is -1.94. The first-order chi connectivity index (χ1) is 5.59. The highest BCUT2D eigenvalue weighted by Gasteiger charge is 1.96. The van der Waals surface area contributed by atoms with Crippen LogP contribution in [0.4, 0.5) is 5.69 Å². The van der Waals surface area contributed by atoms with Crippen LogP contribution in [0.15, 0.2) is 29.8 Å². The Hall–Kier alpha value is -0.890. The summed E-state index contributed by atoms with van der Waals surface area (Å²) in [5.74, 6) is 0. The van der Waals surface area contributed by atoms with Crippen molar-refractivity contribution in [1.82, 2.24) is 0 Å². The Kier molecular flexibility index (Phi) is 2.82. The summed E-state index contributed by atoms with van der Waals surface area (Å²) in [7, 11) is 0. The summed E-state index contributed by atoms with van der Waals surface area (Å²) in [5, 5.41) is 3.75. The van der Waals surface area contributed by atoms with Gasteiger partial charge in [-0.15, -0.1) is 12.6 Å². The van der Waals surface area contributed by atoms with Crippen LogP contribution in [-0.4, -0.2) is 0 Å². The first kappa shape index (κ1) is 9.20. The van der Waals surface area contributed by atoms with E-state index in [1.165, 1.54) is 11.1 Å². The van der Waals surface area contributed by atoms with Gasteiger partial charge in [-0.25, -0.2) is 0 Å². The molecule has 0 fully saturated rings. The van der Waals surface area contributed by atoms with Gasteiger partial charge < -0.3 is 5.32 Å². The fraction of sp³-hybridized carbons (Fsp3) is 0.200. The van der Waals surface area contributed by atoms with Gasteiger partial charge in [0.05, 0.1) is 5.03 Å². The molecule has 0 aliphatic rings. The van der Waals surface area contributed by atoms with Crippen LogP contribution in [0, 0.1) is 13.8 Å². The quantitative estimate of drug-likeness (QED) is 0.665. The van der Waals surface area contributed by atoms with E-state index in [9.17, 15) is 0 Å². The summed E-state index contributed by atoms with van der Waals surface area (Å²) >= 11 is 4.09. The second-order valence-electron chi connectivity index (χ2n) is 2.89. The van der Waals surface area contributed by atoms with Crippen LogP contribution in [0.5, 0.6) is 0 Å². The Balaban J connectivity index is 2.97. The second-order valence-corrected chi connectivity index (χ2v) is 3.43. The molecule has 0 saturated heterocycles. The van der Waals surface area contributed by atoms with Crippen molar-refractivity contribution in [1.29, 1.82) is 0 Å². The number of thiol groups is 1. The smallest absolute Gasteiger partial charge is 0.0621 e. The van der Waals surface area contributed by atoms with Gasteiger partial charge in [0.25, 0.3) is 0 Å². The van der Waals surface area contributed by atoms with E-state index in [1.54, 1.807) is 0 Å². The maximum Gasteiger partial charge on any atom is 0.0621 e. The number of rotatable bonds is 2. The number of benzene rings is 1. The van der Waals surface area contributed by atoms with Crippen LogP contribution >= 0.6 is 12.6 Å². The average molecular weight is 179 g/mol. The lowest BCUT2D eigenvalue weighted by Gasteiger charge is -2.08. The molecular formula is C10H13NS. The first-order valence-electron chi connectivity index (χ1n) is 3.82. The van der Waals surface area contributed by atoms with E-state index in [-0.39, 0.29) is 0 Å². The maximum atomic E-state index is 4.09. The minimum atomic E-state index is 0.670.